The highest BCUT2D eigenvalue weighted by atomic mass is 16.5. The first kappa shape index (κ1) is 20.4. The Hall–Kier alpha value is -3.26. The summed E-state index contributed by atoms with van der Waals surface area (Å²) in [4.78, 5) is 25.5. The predicted molar refractivity (Wildman–Crippen MR) is 123 cm³/mol. The summed E-state index contributed by atoms with van der Waals surface area (Å²) >= 11 is 0. The SMILES string of the molecule is O=C(c1cnccn1)N1CCC2(CC1)Oc1ccccc1-c1c2cnn1CCN1CCCC1. The molecule has 1 aromatic carbocycles. The van der Waals surface area contributed by atoms with Crippen molar-refractivity contribution in [2.75, 3.05) is 32.7 Å². The van der Waals surface area contributed by atoms with E-state index in [9.17, 15) is 4.79 Å². The zero-order valence-corrected chi connectivity index (χ0v) is 18.7. The molecule has 0 saturated carbocycles. The topological polar surface area (TPSA) is 76.4 Å². The van der Waals surface area contributed by atoms with E-state index in [2.05, 4.69) is 37.7 Å². The molecule has 5 heterocycles. The second kappa shape index (κ2) is 8.26. The maximum atomic E-state index is 12.9. The van der Waals surface area contributed by atoms with Gasteiger partial charge in [-0.3, -0.25) is 14.5 Å². The first-order chi connectivity index (χ1) is 16.2. The van der Waals surface area contributed by atoms with Gasteiger partial charge in [0.2, 0.25) is 0 Å². The minimum absolute atomic E-state index is 0.0734. The fourth-order valence-electron chi connectivity index (χ4n) is 5.45. The number of hydrogen-bond acceptors (Lipinski definition) is 6. The number of para-hydroxylation sites is 1. The first-order valence-corrected chi connectivity index (χ1v) is 11.9. The van der Waals surface area contributed by atoms with Crippen molar-refractivity contribution in [3.05, 3.63) is 60.3 Å². The number of fused-ring (bicyclic) bond motifs is 4. The summed E-state index contributed by atoms with van der Waals surface area (Å²) in [5.41, 5.74) is 3.35. The lowest BCUT2D eigenvalue weighted by molar-refractivity contribution is -0.00194. The van der Waals surface area contributed by atoms with E-state index >= 15 is 0 Å². The lowest BCUT2D eigenvalue weighted by Crippen LogP contribution is -2.49. The first-order valence-electron chi connectivity index (χ1n) is 11.9. The molecule has 0 bridgehead atoms. The fourth-order valence-corrected chi connectivity index (χ4v) is 5.45. The Morgan fingerprint density at radius 3 is 2.61 bits per heavy atom. The van der Waals surface area contributed by atoms with Crippen molar-refractivity contribution in [3.63, 3.8) is 0 Å². The molecule has 8 nitrogen and oxygen atoms in total. The van der Waals surface area contributed by atoms with Gasteiger partial charge < -0.3 is 14.5 Å². The number of carbonyl (C=O) groups excluding carboxylic acids is 1. The van der Waals surface area contributed by atoms with Crippen molar-refractivity contribution in [2.45, 2.75) is 37.8 Å². The van der Waals surface area contributed by atoms with Crippen LogP contribution >= 0.6 is 0 Å². The van der Waals surface area contributed by atoms with Gasteiger partial charge in [-0.25, -0.2) is 4.98 Å². The summed E-state index contributed by atoms with van der Waals surface area (Å²) in [7, 11) is 0. The monoisotopic (exact) mass is 444 g/mol. The molecular formula is C25H28N6O2. The van der Waals surface area contributed by atoms with Crippen molar-refractivity contribution in [2.24, 2.45) is 0 Å². The molecule has 3 aliphatic rings. The van der Waals surface area contributed by atoms with Gasteiger partial charge in [0.05, 0.1) is 24.6 Å². The third kappa shape index (κ3) is 3.58. The highest BCUT2D eigenvalue weighted by Gasteiger charge is 2.46. The molecule has 0 aliphatic carbocycles. The molecule has 33 heavy (non-hydrogen) atoms. The van der Waals surface area contributed by atoms with Gasteiger partial charge >= 0.3 is 0 Å². The maximum absolute atomic E-state index is 12.9. The zero-order chi connectivity index (χ0) is 22.3. The van der Waals surface area contributed by atoms with Gasteiger partial charge in [0.15, 0.2) is 0 Å². The number of benzene rings is 1. The minimum Gasteiger partial charge on any atom is -0.482 e. The van der Waals surface area contributed by atoms with E-state index in [4.69, 9.17) is 9.84 Å². The number of aromatic nitrogens is 4. The molecule has 3 aliphatic heterocycles. The van der Waals surface area contributed by atoms with E-state index in [1.54, 1.807) is 12.4 Å². The van der Waals surface area contributed by atoms with Crippen LogP contribution in [0.3, 0.4) is 0 Å². The molecule has 0 radical (unpaired) electrons. The molecule has 3 aromatic rings. The number of amides is 1. The van der Waals surface area contributed by atoms with E-state index < -0.39 is 5.60 Å². The van der Waals surface area contributed by atoms with Crippen LogP contribution in [0.4, 0.5) is 0 Å². The van der Waals surface area contributed by atoms with E-state index in [0.29, 0.717) is 18.8 Å². The third-order valence-corrected chi connectivity index (χ3v) is 7.25. The molecule has 6 rings (SSSR count). The zero-order valence-electron chi connectivity index (χ0n) is 18.7. The number of ether oxygens (including phenoxy) is 1. The van der Waals surface area contributed by atoms with Gasteiger partial charge in [0.25, 0.3) is 5.91 Å². The Labute approximate surface area is 193 Å². The van der Waals surface area contributed by atoms with Crippen molar-refractivity contribution in [3.8, 4) is 17.0 Å². The Balaban J connectivity index is 1.27. The Kier molecular flexibility index (Phi) is 5.10. The molecule has 0 N–H and O–H groups in total. The van der Waals surface area contributed by atoms with Crippen LogP contribution in [0.2, 0.25) is 0 Å². The van der Waals surface area contributed by atoms with Crippen LogP contribution in [-0.2, 0) is 12.1 Å². The van der Waals surface area contributed by atoms with Crippen molar-refractivity contribution in [1.82, 2.24) is 29.5 Å². The van der Waals surface area contributed by atoms with Gasteiger partial charge in [-0.15, -0.1) is 0 Å². The molecular weight excluding hydrogens is 416 g/mol. The largest absolute Gasteiger partial charge is 0.482 e. The molecule has 1 amide bonds. The third-order valence-electron chi connectivity index (χ3n) is 7.25. The van der Waals surface area contributed by atoms with Crippen LogP contribution < -0.4 is 4.74 Å². The van der Waals surface area contributed by atoms with Gasteiger partial charge in [-0.1, -0.05) is 12.1 Å². The summed E-state index contributed by atoms with van der Waals surface area (Å²) in [5.74, 6) is 0.831. The average Bonchev–Trinajstić information content (AvgIpc) is 3.54. The van der Waals surface area contributed by atoms with Crippen molar-refractivity contribution >= 4 is 5.91 Å². The smallest absolute Gasteiger partial charge is 0.274 e. The van der Waals surface area contributed by atoms with Crippen LogP contribution in [-0.4, -0.2) is 68.2 Å². The molecule has 2 saturated heterocycles. The molecule has 8 heteroatoms. The van der Waals surface area contributed by atoms with E-state index in [1.165, 1.54) is 37.8 Å². The number of hydrogen-bond donors (Lipinski definition) is 0. The number of rotatable bonds is 4. The molecule has 2 fully saturated rings. The van der Waals surface area contributed by atoms with Crippen LogP contribution in [0.25, 0.3) is 11.3 Å². The maximum Gasteiger partial charge on any atom is 0.274 e. The second-order valence-corrected chi connectivity index (χ2v) is 9.15. The predicted octanol–water partition coefficient (Wildman–Crippen LogP) is 2.96. The molecule has 0 unspecified atom stereocenters. The Morgan fingerprint density at radius 2 is 1.82 bits per heavy atom. The van der Waals surface area contributed by atoms with E-state index in [1.807, 2.05) is 17.2 Å². The number of likely N-dealkylation sites (tertiary alicyclic amines) is 2. The van der Waals surface area contributed by atoms with Crippen LogP contribution in [0.1, 0.15) is 41.7 Å². The Bertz CT molecular complexity index is 1150. The summed E-state index contributed by atoms with van der Waals surface area (Å²) in [6.07, 6.45) is 10.7. The van der Waals surface area contributed by atoms with Crippen molar-refractivity contribution < 1.29 is 9.53 Å². The number of carbonyl (C=O) groups is 1. The van der Waals surface area contributed by atoms with Gasteiger partial charge in [0.1, 0.15) is 17.0 Å². The lowest BCUT2D eigenvalue weighted by Gasteiger charge is -2.44. The highest BCUT2D eigenvalue weighted by molar-refractivity contribution is 5.92. The molecule has 170 valence electrons. The highest BCUT2D eigenvalue weighted by Crippen LogP contribution is 2.49. The minimum atomic E-state index is -0.464. The van der Waals surface area contributed by atoms with Gasteiger partial charge in [-0.2, -0.15) is 5.10 Å². The van der Waals surface area contributed by atoms with E-state index in [0.717, 1.165) is 42.8 Å². The normalized spacial score (nSPS) is 19.2. The molecule has 2 aromatic heterocycles. The number of nitrogens with zero attached hydrogens (tertiary/aromatic N) is 6. The van der Waals surface area contributed by atoms with Gasteiger partial charge in [0, 0.05) is 56.0 Å². The van der Waals surface area contributed by atoms with E-state index in [-0.39, 0.29) is 5.91 Å². The average molecular weight is 445 g/mol. The van der Waals surface area contributed by atoms with Crippen LogP contribution in [0, 0.1) is 0 Å². The van der Waals surface area contributed by atoms with Gasteiger partial charge in [-0.05, 0) is 38.1 Å². The summed E-state index contributed by atoms with van der Waals surface area (Å²) in [6, 6.07) is 8.26. The fraction of sp³-hybridized carbons (Fsp3) is 0.440. The standard InChI is InChI=1S/C25H28N6O2/c32-24(21-18-26-9-10-27-21)30-13-7-25(8-14-30)20-17-28-31(16-15-29-11-3-4-12-29)23(20)19-5-1-2-6-22(19)33-25/h1-2,5-6,9-10,17-18H,3-4,7-8,11-16H2. The summed E-state index contributed by atoms with van der Waals surface area (Å²) < 4.78 is 8.84. The number of piperidine rings is 1. The quantitative estimate of drug-likeness (QED) is 0.616. The van der Waals surface area contributed by atoms with Crippen LogP contribution in [0.15, 0.2) is 49.1 Å². The lowest BCUT2D eigenvalue weighted by atomic mass is 9.81. The summed E-state index contributed by atoms with van der Waals surface area (Å²) in [5, 5.41) is 4.82. The molecule has 0 atom stereocenters. The summed E-state index contributed by atoms with van der Waals surface area (Å²) in [6.45, 7) is 5.47. The van der Waals surface area contributed by atoms with Crippen LogP contribution in [0.5, 0.6) is 5.75 Å². The van der Waals surface area contributed by atoms with Crippen molar-refractivity contribution in [1.29, 1.82) is 0 Å². The second-order valence-electron chi connectivity index (χ2n) is 9.15. The Morgan fingerprint density at radius 1 is 1.00 bits per heavy atom. The molecule has 1 spiro atoms.